The highest BCUT2D eigenvalue weighted by atomic mass is 127. The van der Waals surface area contributed by atoms with Gasteiger partial charge in [-0.05, 0) is 46.7 Å². The Hall–Kier alpha value is -0.0800. The number of nitrogens with zero attached hydrogens (tertiary/aromatic N) is 3. The summed E-state index contributed by atoms with van der Waals surface area (Å²) in [5.41, 5.74) is 0.261. The van der Waals surface area contributed by atoms with Gasteiger partial charge in [-0.2, -0.15) is 0 Å². The molecular weight excluding hydrogens is 439 g/mol. The van der Waals surface area contributed by atoms with Crippen molar-refractivity contribution in [3.8, 4) is 0 Å². The van der Waals surface area contributed by atoms with E-state index in [1.54, 1.807) is 0 Å². The molecule has 0 aromatic rings. The minimum absolute atomic E-state index is 0. The van der Waals surface area contributed by atoms with E-state index in [1.807, 2.05) is 0 Å². The van der Waals surface area contributed by atoms with E-state index in [0.29, 0.717) is 12.2 Å². The van der Waals surface area contributed by atoms with Crippen LogP contribution < -0.4 is 5.32 Å². The average molecular weight is 476 g/mol. The van der Waals surface area contributed by atoms with Gasteiger partial charge in [0.05, 0.1) is 18.8 Å². The van der Waals surface area contributed by atoms with E-state index >= 15 is 0 Å². The number of ether oxygens (including phenoxy) is 1. The van der Waals surface area contributed by atoms with Crippen molar-refractivity contribution in [2.45, 2.75) is 69.6 Å². The van der Waals surface area contributed by atoms with Crippen molar-refractivity contribution < 1.29 is 4.74 Å². The summed E-state index contributed by atoms with van der Waals surface area (Å²) in [6.45, 7) is 6.32. The number of likely N-dealkylation sites (tertiary alicyclic amines) is 1. The van der Waals surface area contributed by atoms with E-state index in [4.69, 9.17) is 9.73 Å². The summed E-state index contributed by atoms with van der Waals surface area (Å²) in [4.78, 5) is 10.1. The SMILES string of the molecule is CCNC(=NCC1(N(C)C)CCCCC1)N1CC2C3CCC(O3)C2C1.I. The second-order valence-electron chi connectivity index (χ2n) is 8.87. The van der Waals surface area contributed by atoms with Gasteiger partial charge in [-0.15, -0.1) is 24.0 Å². The van der Waals surface area contributed by atoms with Crippen molar-refractivity contribution in [3.63, 3.8) is 0 Å². The van der Waals surface area contributed by atoms with Gasteiger partial charge in [0.2, 0.25) is 0 Å². The molecule has 3 heterocycles. The maximum absolute atomic E-state index is 6.14. The molecule has 1 N–H and O–H groups in total. The van der Waals surface area contributed by atoms with Crippen molar-refractivity contribution in [2.75, 3.05) is 40.3 Å². The van der Waals surface area contributed by atoms with E-state index in [9.17, 15) is 0 Å². The first-order chi connectivity index (χ1) is 12.1. The zero-order valence-electron chi connectivity index (χ0n) is 16.7. The quantitative estimate of drug-likeness (QED) is 0.385. The van der Waals surface area contributed by atoms with Crippen LogP contribution in [0.4, 0.5) is 0 Å². The van der Waals surface area contributed by atoms with Crippen molar-refractivity contribution in [1.29, 1.82) is 0 Å². The van der Waals surface area contributed by atoms with Crippen LogP contribution in [0.1, 0.15) is 51.9 Å². The Balaban J connectivity index is 0.00000196. The molecule has 0 aromatic carbocycles. The van der Waals surface area contributed by atoms with Gasteiger partial charge in [0, 0.05) is 37.0 Å². The van der Waals surface area contributed by atoms with Crippen LogP contribution in [-0.4, -0.2) is 73.8 Å². The van der Waals surface area contributed by atoms with Crippen LogP contribution in [0.25, 0.3) is 0 Å². The minimum atomic E-state index is 0. The monoisotopic (exact) mass is 476 g/mol. The molecule has 3 saturated heterocycles. The second kappa shape index (κ2) is 8.52. The molecule has 4 fully saturated rings. The van der Waals surface area contributed by atoms with Gasteiger partial charge in [0.25, 0.3) is 0 Å². The van der Waals surface area contributed by atoms with Gasteiger partial charge >= 0.3 is 0 Å². The summed E-state index contributed by atoms with van der Waals surface area (Å²) in [5.74, 6) is 2.61. The van der Waals surface area contributed by atoms with Gasteiger partial charge in [-0.25, -0.2) is 0 Å². The molecule has 3 aliphatic heterocycles. The van der Waals surface area contributed by atoms with Crippen LogP contribution in [0.5, 0.6) is 0 Å². The van der Waals surface area contributed by atoms with E-state index < -0.39 is 0 Å². The number of rotatable bonds is 4. The number of hydrogen-bond donors (Lipinski definition) is 1. The van der Waals surface area contributed by atoms with Crippen LogP contribution in [0, 0.1) is 11.8 Å². The van der Waals surface area contributed by atoms with Crippen LogP contribution in [0.15, 0.2) is 4.99 Å². The van der Waals surface area contributed by atoms with Crippen molar-refractivity contribution in [3.05, 3.63) is 0 Å². The number of halogens is 1. The van der Waals surface area contributed by atoms with Crippen molar-refractivity contribution in [1.82, 2.24) is 15.1 Å². The lowest BCUT2D eigenvalue weighted by molar-refractivity contribution is 0.0765. The van der Waals surface area contributed by atoms with E-state index in [2.05, 4.69) is 36.1 Å². The average Bonchev–Trinajstić information content (AvgIpc) is 3.31. The summed E-state index contributed by atoms with van der Waals surface area (Å²) in [6.07, 6.45) is 10.2. The van der Waals surface area contributed by atoms with Gasteiger partial charge in [0.15, 0.2) is 5.96 Å². The molecular formula is C20H37IN4O. The third-order valence-corrected chi connectivity index (χ3v) is 7.34. The Bertz CT molecular complexity index is 488. The molecule has 0 spiro atoms. The van der Waals surface area contributed by atoms with Crippen molar-refractivity contribution >= 4 is 29.9 Å². The van der Waals surface area contributed by atoms with Gasteiger partial charge in [-0.3, -0.25) is 4.99 Å². The van der Waals surface area contributed by atoms with Crippen LogP contribution >= 0.6 is 24.0 Å². The predicted molar refractivity (Wildman–Crippen MR) is 117 cm³/mol. The zero-order chi connectivity index (χ0) is 17.4. The first kappa shape index (κ1) is 20.6. The maximum Gasteiger partial charge on any atom is 0.194 e. The smallest absolute Gasteiger partial charge is 0.194 e. The highest BCUT2D eigenvalue weighted by molar-refractivity contribution is 14.0. The molecule has 0 radical (unpaired) electrons. The highest BCUT2D eigenvalue weighted by Gasteiger charge is 2.53. The molecule has 26 heavy (non-hydrogen) atoms. The molecule has 2 bridgehead atoms. The summed E-state index contributed by atoms with van der Waals surface area (Å²) in [5, 5.41) is 3.58. The Morgan fingerprint density at radius 2 is 1.73 bits per heavy atom. The number of aliphatic imine (C=N–C) groups is 1. The summed E-state index contributed by atoms with van der Waals surface area (Å²) in [7, 11) is 4.48. The van der Waals surface area contributed by atoms with Crippen LogP contribution in [0.2, 0.25) is 0 Å². The topological polar surface area (TPSA) is 40.1 Å². The molecule has 0 aromatic heterocycles. The molecule has 150 valence electrons. The van der Waals surface area contributed by atoms with E-state index in [1.165, 1.54) is 44.9 Å². The maximum atomic E-state index is 6.14. The third-order valence-electron chi connectivity index (χ3n) is 7.34. The molecule has 0 amide bonds. The summed E-state index contributed by atoms with van der Waals surface area (Å²) >= 11 is 0. The highest BCUT2D eigenvalue weighted by Crippen LogP contribution is 2.47. The molecule has 6 heteroatoms. The van der Waals surface area contributed by atoms with Crippen molar-refractivity contribution in [2.24, 2.45) is 16.8 Å². The molecule has 5 nitrogen and oxygen atoms in total. The fraction of sp³-hybridized carbons (Fsp3) is 0.950. The first-order valence-corrected chi connectivity index (χ1v) is 10.5. The van der Waals surface area contributed by atoms with Crippen LogP contribution in [-0.2, 0) is 4.74 Å². The Kier molecular flexibility index (Phi) is 6.76. The summed E-state index contributed by atoms with van der Waals surface area (Å²) < 4.78 is 6.14. The Morgan fingerprint density at radius 3 is 2.27 bits per heavy atom. The molecule has 4 rings (SSSR count). The van der Waals surface area contributed by atoms with E-state index in [0.717, 1.165) is 44.0 Å². The number of guanidine groups is 1. The fourth-order valence-electron chi connectivity index (χ4n) is 5.74. The third kappa shape index (κ3) is 3.75. The molecule has 1 aliphatic carbocycles. The largest absolute Gasteiger partial charge is 0.374 e. The van der Waals surface area contributed by atoms with Gasteiger partial charge < -0.3 is 19.9 Å². The number of fused-ring (bicyclic) bond motifs is 5. The minimum Gasteiger partial charge on any atom is -0.374 e. The standard InChI is InChI=1S/C20H36N4O.HI/c1-4-21-19(22-14-20(23(2)3)10-6-5-7-11-20)24-12-15-16(13-24)18-9-8-17(15)25-18;/h15-18H,4-14H2,1-3H3,(H,21,22);1H. The number of hydrogen-bond acceptors (Lipinski definition) is 3. The number of likely N-dealkylation sites (N-methyl/N-ethyl adjacent to an activating group) is 1. The lowest BCUT2D eigenvalue weighted by atomic mass is 9.81. The Labute approximate surface area is 176 Å². The first-order valence-electron chi connectivity index (χ1n) is 10.5. The Morgan fingerprint density at radius 1 is 1.12 bits per heavy atom. The van der Waals surface area contributed by atoms with Crippen LogP contribution in [0.3, 0.4) is 0 Å². The van der Waals surface area contributed by atoms with E-state index in [-0.39, 0.29) is 29.5 Å². The molecule has 1 saturated carbocycles. The predicted octanol–water partition coefficient (Wildman–Crippen LogP) is 2.94. The van der Waals surface area contributed by atoms with Gasteiger partial charge in [-0.1, -0.05) is 19.3 Å². The lowest BCUT2D eigenvalue weighted by Crippen LogP contribution is -2.50. The molecule has 4 unspecified atom stereocenters. The number of nitrogens with one attached hydrogen (secondary N) is 1. The second-order valence-corrected chi connectivity index (χ2v) is 8.87. The summed E-state index contributed by atoms with van der Waals surface area (Å²) in [6, 6.07) is 0. The van der Waals surface area contributed by atoms with Gasteiger partial charge in [0.1, 0.15) is 0 Å². The zero-order valence-corrected chi connectivity index (χ0v) is 19.1. The normalized spacial score (nSPS) is 35.5. The molecule has 4 aliphatic rings. The lowest BCUT2D eigenvalue weighted by Gasteiger charge is -2.42. The fourth-order valence-corrected chi connectivity index (χ4v) is 5.74. The molecule has 4 atom stereocenters.